The van der Waals surface area contributed by atoms with Gasteiger partial charge in [-0.2, -0.15) is 8.78 Å². The average molecular weight is 382 g/mol. The van der Waals surface area contributed by atoms with E-state index in [9.17, 15) is 17.2 Å². The van der Waals surface area contributed by atoms with Gasteiger partial charge in [-0.3, -0.25) is 0 Å². The Morgan fingerprint density at radius 3 is 2.30 bits per heavy atom. The molecule has 9 heteroatoms. The van der Waals surface area contributed by atoms with Crippen molar-refractivity contribution in [1.82, 2.24) is 4.72 Å². The van der Waals surface area contributed by atoms with Crippen LogP contribution in [0.25, 0.3) is 0 Å². The zero-order valence-corrected chi connectivity index (χ0v) is 13.8. The number of halogens is 4. The van der Waals surface area contributed by atoms with Gasteiger partial charge in [0, 0.05) is 22.2 Å². The SMILES string of the molecule is O=S(=O)(NCc1ccccc1OC(F)F)c1cc(Cl)cc(Cl)c1. The molecule has 2 aromatic carbocycles. The maximum atomic E-state index is 12.3. The predicted molar refractivity (Wildman–Crippen MR) is 83.6 cm³/mol. The van der Waals surface area contributed by atoms with Gasteiger partial charge in [0.2, 0.25) is 10.0 Å². The molecular weight excluding hydrogens is 371 g/mol. The summed E-state index contributed by atoms with van der Waals surface area (Å²) in [6.07, 6.45) is 0. The lowest BCUT2D eigenvalue weighted by Gasteiger charge is -2.12. The Balaban J connectivity index is 2.20. The van der Waals surface area contributed by atoms with E-state index in [1.54, 1.807) is 6.07 Å². The quantitative estimate of drug-likeness (QED) is 0.820. The van der Waals surface area contributed by atoms with Crippen molar-refractivity contribution >= 4 is 33.2 Å². The molecule has 2 rings (SSSR count). The highest BCUT2D eigenvalue weighted by molar-refractivity contribution is 7.89. The van der Waals surface area contributed by atoms with Crippen molar-refractivity contribution in [3.05, 3.63) is 58.1 Å². The van der Waals surface area contributed by atoms with Crippen LogP contribution in [0.5, 0.6) is 5.75 Å². The zero-order chi connectivity index (χ0) is 17.0. The fourth-order valence-electron chi connectivity index (χ4n) is 1.80. The Morgan fingerprint density at radius 1 is 1.09 bits per heavy atom. The van der Waals surface area contributed by atoms with E-state index in [0.717, 1.165) is 0 Å². The molecule has 0 bridgehead atoms. The van der Waals surface area contributed by atoms with Crippen LogP contribution in [0, 0.1) is 0 Å². The van der Waals surface area contributed by atoms with Crippen molar-refractivity contribution in [3.8, 4) is 5.75 Å². The molecule has 0 aliphatic rings. The summed E-state index contributed by atoms with van der Waals surface area (Å²) in [5, 5.41) is 0.332. The standard InChI is InChI=1S/C14H11Cl2F2NO3S/c15-10-5-11(16)7-12(6-10)23(20,21)19-8-9-3-1-2-4-13(9)22-14(17)18/h1-7,14,19H,8H2. The first-order valence-corrected chi connectivity index (χ1v) is 8.50. The third-order valence-corrected chi connectivity index (χ3v) is 4.60. The van der Waals surface area contributed by atoms with E-state index in [1.807, 2.05) is 0 Å². The molecule has 0 unspecified atom stereocenters. The van der Waals surface area contributed by atoms with E-state index in [1.165, 1.54) is 36.4 Å². The van der Waals surface area contributed by atoms with Crippen LogP contribution in [0.15, 0.2) is 47.4 Å². The molecule has 0 aliphatic carbocycles. The maximum absolute atomic E-state index is 12.3. The minimum absolute atomic E-state index is 0.102. The minimum atomic E-state index is -3.91. The van der Waals surface area contributed by atoms with Gasteiger partial charge in [0.25, 0.3) is 0 Å². The maximum Gasteiger partial charge on any atom is 0.387 e. The Kier molecular flexibility index (Phi) is 5.80. The number of rotatable bonds is 6. The van der Waals surface area contributed by atoms with Crippen molar-refractivity contribution in [2.45, 2.75) is 18.1 Å². The summed E-state index contributed by atoms with van der Waals surface area (Å²) in [7, 11) is -3.91. The van der Waals surface area contributed by atoms with Gasteiger partial charge in [-0.15, -0.1) is 0 Å². The van der Waals surface area contributed by atoms with E-state index in [-0.39, 0.29) is 32.8 Å². The van der Waals surface area contributed by atoms with Crippen LogP contribution < -0.4 is 9.46 Å². The van der Waals surface area contributed by atoms with Crippen LogP contribution in [0.1, 0.15) is 5.56 Å². The third-order valence-electron chi connectivity index (χ3n) is 2.79. The second kappa shape index (κ2) is 7.44. The second-order valence-corrected chi connectivity index (χ2v) is 7.06. The molecule has 124 valence electrons. The van der Waals surface area contributed by atoms with Crippen molar-refractivity contribution in [3.63, 3.8) is 0 Å². The van der Waals surface area contributed by atoms with Gasteiger partial charge in [-0.05, 0) is 24.3 Å². The lowest BCUT2D eigenvalue weighted by molar-refractivity contribution is -0.0504. The molecule has 0 aromatic heterocycles. The lowest BCUT2D eigenvalue weighted by atomic mass is 10.2. The van der Waals surface area contributed by atoms with E-state index < -0.39 is 16.6 Å². The number of hydrogen-bond acceptors (Lipinski definition) is 3. The summed E-state index contributed by atoms with van der Waals surface area (Å²) in [5.74, 6) is -0.102. The highest BCUT2D eigenvalue weighted by Crippen LogP contribution is 2.24. The molecule has 0 saturated heterocycles. The summed E-state index contributed by atoms with van der Waals surface area (Å²) in [6.45, 7) is -3.23. The van der Waals surface area contributed by atoms with Gasteiger partial charge in [0.1, 0.15) is 5.75 Å². The van der Waals surface area contributed by atoms with Crippen molar-refractivity contribution in [2.24, 2.45) is 0 Å². The van der Waals surface area contributed by atoms with Crippen LogP contribution >= 0.6 is 23.2 Å². The fraction of sp³-hybridized carbons (Fsp3) is 0.143. The van der Waals surface area contributed by atoms with Gasteiger partial charge >= 0.3 is 6.61 Å². The number of benzene rings is 2. The van der Waals surface area contributed by atoms with Crippen LogP contribution in [0.4, 0.5) is 8.78 Å². The first kappa shape index (κ1) is 17.9. The number of alkyl halides is 2. The predicted octanol–water partition coefficient (Wildman–Crippen LogP) is 4.07. The Hall–Kier alpha value is -1.41. The fourth-order valence-corrected chi connectivity index (χ4v) is 3.53. The normalized spacial score (nSPS) is 11.7. The van der Waals surface area contributed by atoms with Crippen molar-refractivity contribution in [1.29, 1.82) is 0 Å². The largest absolute Gasteiger partial charge is 0.434 e. The van der Waals surface area contributed by atoms with E-state index in [0.29, 0.717) is 0 Å². The first-order chi connectivity index (χ1) is 10.8. The van der Waals surface area contributed by atoms with Crippen LogP contribution in [0.3, 0.4) is 0 Å². The number of nitrogens with one attached hydrogen (secondary N) is 1. The van der Waals surface area contributed by atoms with Crippen molar-refractivity contribution in [2.75, 3.05) is 0 Å². The molecule has 0 spiro atoms. The highest BCUT2D eigenvalue weighted by Gasteiger charge is 2.17. The second-order valence-electron chi connectivity index (χ2n) is 4.42. The molecule has 1 N–H and O–H groups in total. The number of para-hydroxylation sites is 1. The lowest BCUT2D eigenvalue weighted by Crippen LogP contribution is -2.23. The van der Waals surface area contributed by atoms with Gasteiger partial charge in [-0.1, -0.05) is 41.4 Å². The van der Waals surface area contributed by atoms with Crippen LogP contribution in [-0.4, -0.2) is 15.0 Å². The average Bonchev–Trinajstić information content (AvgIpc) is 2.45. The molecule has 0 amide bonds. The van der Waals surface area contributed by atoms with E-state index >= 15 is 0 Å². The van der Waals surface area contributed by atoms with E-state index in [2.05, 4.69) is 9.46 Å². The molecule has 0 radical (unpaired) electrons. The monoisotopic (exact) mass is 381 g/mol. The summed E-state index contributed by atoms with van der Waals surface area (Å²) < 4.78 is 55.8. The zero-order valence-electron chi connectivity index (χ0n) is 11.5. The molecule has 4 nitrogen and oxygen atoms in total. The van der Waals surface area contributed by atoms with Crippen molar-refractivity contribution < 1.29 is 21.9 Å². The molecular formula is C14H11Cl2F2NO3S. The van der Waals surface area contributed by atoms with Crippen LogP contribution in [-0.2, 0) is 16.6 Å². The summed E-state index contributed by atoms with van der Waals surface area (Å²) in [4.78, 5) is -0.123. The van der Waals surface area contributed by atoms with Gasteiger partial charge < -0.3 is 4.74 Å². The molecule has 0 aliphatic heterocycles. The molecule has 0 saturated carbocycles. The number of sulfonamides is 1. The molecule has 0 fully saturated rings. The summed E-state index contributed by atoms with van der Waals surface area (Å²) in [5.41, 5.74) is 0.268. The summed E-state index contributed by atoms with van der Waals surface area (Å²) >= 11 is 11.6. The van der Waals surface area contributed by atoms with Gasteiger partial charge in [0.15, 0.2) is 0 Å². The van der Waals surface area contributed by atoms with Crippen LogP contribution in [0.2, 0.25) is 10.0 Å². The third kappa shape index (κ3) is 5.04. The van der Waals surface area contributed by atoms with E-state index in [4.69, 9.17) is 23.2 Å². The summed E-state index contributed by atoms with van der Waals surface area (Å²) in [6, 6.07) is 9.75. The Labute approximate surface area is 142 Å². The number of hydrogen-bond donors (Lipinski definition) is 1. The van der Waals surface area contributed by atoms with Gasteiger partial charge in [0.05, 0.1) is 4.90 Å². The van der Waals surface area contributed by atoms with Gasteiger partial charge in [-0.25, -0.2) is 13.1 Å². The number of ether oxygens (including phenoxy) is 1. The highest BCUT2D eigenvalue weighted by atomic mass is 35.5. The topological polar surface area (TPSA) is 55.4 Å². The first-order valence-electron chi connectivity index (χ1n) is 6.26. The minimum Gasteiger partial charge on any atom is -0.434 e. The smallest absolute Gasteiger partial charge is 0.387 e. The molecule has 23 heavy (non-hydrogen) atoms. The molecule has 0 heterocycles. The molecule has 2 aromatic rings. The Bertz CT molecular complexity index is 780. The Morgan fingerprint density at radius 2 is 1.70 bits per heavy atom. The molecule has 0 atom stereocenters.